The van der Waals surface area contributed by atoms with Gasteiger partial charge >= 0.3 is 0 Å². The number of nitrogens with zero attached hydrogens (tertiary/aromatic N) is 2. The summed E-state index contributed by atoms with van der Waals surface area (Å²) in [6.07, 6.45) is 0. The highest BCUT2D eigenvalue weighted by molar-refractivity contribution is 7.80. The second-order valence-corrected chi connectivity index (χ2v) is 5.69. The van der Waals surface area contributed by atoms with Gasteiger partial charge < -0.3 is 10.2 Å². The van der Waals surface area contributed by atoms with Crippen LogP contribution in [0.1, 0.15) is 10.4 Å². The van der Waals surface area contributed by atoms with Gasteiger partial charge in [-0.1, -0.05) is 6.07 Å². The Balaban J connectivity index is 1.90. The zero-order chi connectivity index (χ0) is 18.4. The molecule has 0 saturated heterocycles. The standard InChI is InChI=1S/C16H17N5O3S/c1-20(2)14-5-3-4-11(10-14)15(22)18-19-16(25)17-12-6-8-13(9-7-12)21(23)24/h3-10H,1-2H3,(H,18,22)(H2,17,19,25). The fourth-order valence-corrected chi connectivity index (χ4v) is 2.11. The number of hydrazine groups is 1. The molecule has 8 nitrogen and oxygen atoms in total. The highest BCUT2D eigenvalue weighted by atomic mass is 32.1. The van der Waals surface area contributed by atoms with Gasteiger partial charge in [-0.15, -0.1) is 0 Å². The second-order valence-electron chi connectivity index (χ2n) is 5.28. The number of non-ortho nitro benzene ring substituents is 1. The number of thiocarbonyl (C=S) groups is 1. The molecule has 25 heavy (non-hydrogen) atoms. The largest absolute Gasteiger partial charge is 0.378 e. The summed E-state index contributed by atoms with van der Waals surface area (Å²) in [6.45, 7) is 0. The van der Waals surface area contributed by atoms with Crippen LogP contribution in [0.5, 0.6) is 0 Å². The molecular formula is C16H17N5O3S. The Hall–Kier alpha value is -3.20. The lowest BCUT2D eigenvalue weighted by Crippen LogP contribution is -2.43. The van der Waals surface area contributed by atoms with E-state index >= 15 is 0 Å². The summed E-state index contributed by atoms with van der Waals surface area (Å²) in [5.41, 5.74) is 7.02. The number of nitro groups is 1. The van der Waals surface area contributed by atoms with Gasteiger partial charge in [0.15, 0.2) is 5.11 Å². The molecule has 0 aliphatic heterocycles. The van der Waals surface area contributed by atoms with Crippen LogP contribution in [0, 0.1) is 10.1 Å². The van der Waals surface area contributed by atoms with Crippen LogP contribution in [0.4, 0.5) is 17.1 Å². The molecule has 0 heterocycles. The highest BCUT2D eigenvalue weighted by Crippen LogP contribution is 2.15. The topological polar surface area (TPSA) is 99.5 Å². The lowest BCUT2D eigenvalue weighted by atomic mass is 10.2. The molecule has 0 aromatic heterocycles. The minimum absolute atomic E-state index is 0.0153. The average Bonchev–Trinajstić information content (AvgIpc) is 2.60. The number of benzene rings is 2. The van der Waals surface area contributed by atoms with Crippen molar-refractivity contribution in [2.24, 2.45) is 0 Å². The van der Waals surface area contributed by atoms with E-state index < -0.39 is 4.92 Å². The molecule has 0 fully saturated rings. The van der Waals surface area contributed by atoms with Crippen molar-refractivity contribution >= 4 is 40.3 Å². The molecule has 0 spiro atoms. The summed E-state index contributed by atoms with van der Waals surface area (Å²) in [5.74, 6) is -0.337. The number of anilines is 2. The lowest BCUT2D eigenvalue weighted by Gasteiger charge is -2.14. The van der Waals surface area contributed by atoms with Crippen LogP contribution in [-0.2, 0) is 0 Å². The Kier molecular flexibility index (Phi) is 5.85. The van der Waals surface area contributed by atoms with E-state index in [1.807, 2.05) is 25.1 Å². The number of hydrogen-bond acceptors (Lipinski definition) is 5. The zero-order valence-electron chi connectivity index (χ0n) is 13.6. The van der Waals surface area contributed by atoms with Gasteiger partial charge in [0.1, 0.15) is 0 Å². The molecule has 0 atom stereocenters. The van der Waals surface area contributed by atoms with E-state index in [1.54, 1.807) is 18.2 Å². The highest BCUT2D eigenvalue weighted by Gasteiger charge is 2.08. The summed E-state index contributed by atoms with van der Waals surface area (Å²) < 4.78 is 0. The molecule has 2 aromatic carbocycles. The molecule has 0 bridgehead atoms. The Morgan fingerprint density at radius 2 is 1.80 bits per heavy atom. The molecule has 3 N–H and O–H groups in total. The third kappa shape index (κ3) is 5.15. The van der Waals surface area contributed by atoms with Crippen molar-refractivity contribution in [2.45, 2.75) is 0 Å². The Bertz CT molecular complexity index is 793. The van der Waals surface area contributed by atoms with Gasteiger partial charge in [0, 0.05) is 43.2 Å². The molecule has 0 saturated carbocycles. The predicted octanol–water partition coefficient (Wildman–Crippen LogP) is 2.29. The number of nitrogens with one attached hydrogen (secondary N) is 3. The first kappa shape index (κ1) is 18.1. The van der Waals surface area contributed by atoms with Crippen LogP contribution in [0.2, 0.25) is 0 Å². The molecule has 130 valence electrons. The Morgan fingerprint density at radius 1 is 1.12 bits per heavy atom. The summed E-state index contributed by atoms with van der Waals surface area (Å²) in [7, 11) is 3.77. The molecule has 0 aliphatic rings. The SMILES string of the molecule is CN(C)c1cccc(C(=O)NNC(=S)Nc2ccc([N+](=O)[O-])cc2)c1. The van der Waals surface area contributed by atoms with E-state index in [-0.39, 0.29) is 16.7 Å². The number of rotatable bonds is 4. The van der Waals surface area contributed by atoms with E-state index in [2.05, 4.69) is 16.2 Å². The molecular weight excluding hydrogens is 342 g/mol. The van der Waals surface area contributed by atoms with Crippen molar-refractivity contribution in [1.82, 2.24) is 10.9 Å². The van der Waals surface area contributed by atoms with Crippen molar-refractivity contribution in [3.8, 4) is 0 Å². The van der Waals surface area contributed by atoms with Gasteiger partial charge in [0.2, 0.25) is 0 Å². The van der Waals surface area contributed by atoms with Gasteiger partial charge in [-0.2, -0.15) is 0 Å². The van der Waals surface area contributed by atoms with E-state index in [4.69, 9.17) is 12.2 Å². The first-order valence-electron chi connectivity index (χ1n) is 7.26. The van der Waals surface area contributed by atoms with Gasteiger partial charge in [-0.25, -0.2) is 0 Å². The van der Waals surface area contributed by atoms with E-state index in [1.165, 1.54) is 24.3 Å². The maximum atomic E-state index is 12.1. The smallest absolute Gasteiger partial charge is 0.269 e. The summed E-state index contributed by atoms with van der Waals surface area (Å²) in [4.78, 5) is 24.2. The quantitative estimate of drug-likeness (QED) is 0.437. The number of nitro benzene ring substituents is 1. The molecule has 0 unspecified atom stereocenters. The van der Waals surface area contributed by atoms with Crippen molar-refractivity contribution in [3.63, 3.8) is 0 Å². The van der Waals surface area contributed by atoms with Crippen molar-refractivity contribution in [2.75, 3.05) is 24.3 Å². The molecule has 1 amide bonds. The molecule has 0 radical (unpaired) electrons. The van der Waals surface area contributed by atoms with E-state index in [0.29, 0.717) is 11.3 Å². The van der Waals surface area contributed by atoms with Crippen LogP contribution in [0.3, 0.4) is 0 Å². The fourth-order valence-electron chi connectivity index (χ4n) is 1.94. The zero-order valence-corrected chi connectivity index (χ0v) is 14.5. The van der Waals surface area contributed by atoms with Crippen molar-refractivity contribution in [3.05, 3.63) is 64.2 Å². The predicted molar refractivity (Wildman–Crippen MR) is 101 cm³/mol. The average molecular weight is 359 g/mol. The van der Waals surface area contributed by atoms with Gasteiger partial charge in [0.25, 0.3) is 11.6 Å². The van der Waals surface area contributed by atoms with Crippen molar-refractivity contribution < 1.29 is 9.72 Å². The number of carbonyl (C=O) groups is 1. The van der Waals surface area contributed by atoms with Crippen LogP contribution in [0.15, 0.2) is 48.5 Å². The van der Waals surface area contributed by atoms with Gasteiger partial charge in [-0.05, 0) is 42.5 Å². The van der Waals surface area contributed by atoms with Gasteiger partial charge in [0.05, 0.1) is 4.92 Å². The van der Waals surface area contributed by atoms with Crippen LogP contribution >= 0.6 is 12.2 Å². The summed E-state index contributed by atoms with van der Waals surface area (Å²) >= 11 is 5.08. The number of amides is 1. The van der Waals surface area contributed by atoms with Crippen LogP contribution in [-0.4, -0.2) is 30.0 Å². The van der Waals surface area contributed by atoms with Gasteiger partial charge in [-0.3, -0.25) is 25.8 Å². The first-order valence-corrected chi connectivity index (χ1v) is 7.67. The number of carbonyl (C=O) groups excluding carboxylic acids is 1. The maximum Gasteiger partial charge on any atom is 0.269 e. The summed E-state index contributed by atoms with van der Waals surface area (Å²) in [6, 6.07) is 12.9. The molecule has 2 rings (SSSR count). The monoisotopic (exact) mass is 359 g/mol. The van der Waals surface area contributed by atoms with Crippen LogP contribution < -0.4 is 21.1 Å². The fraction of sp³-hybridized carbons (Fsp3) is 0.125. The third-order valence-corrected chi connectivity index (χ3v) is 3.45. The molecule has 0 aliphatic carbocycles. The minimum Gasteiger partial charge on any atom is -0.378 e. The first-order chi connectivity index (χ1) is 11.9. The lowest BCUT2D eigenvalue weighted by molar-refractivity contribution is -0.384. The van der Waals surface area contributed by atoms with Crippen molar-refractivity contribution in [1.29, 1.82) is 0 Å². The van der Waals surface area contributed by atoms with E-state index in [9.17, 15) is 14.9 Å². The maximum absolute atomic E-state index is 12.1. The second kappa shape index (κ2) is 8.06. The van der Waals surface area contributed by atoms with E-state index in [0.717, 1.165) is 5.69 Å². The third-order valence-electron chi connectivity index (χ3n) is 3.25. The van der Waals surface area contributed by atoms with Crippen LogP contribution in [0.25, 0.3) is 0 Å². The Labute approximate surface area is 150 Å². The number of hydrogen-bond donors (Lipinski definition) is 3. The minimum atomic E-state index is -0.484. The normalized spacial score (nSPS) is 9.84. The summed E-state index contributed by atoms with van der Waals surface area (Å²) in [5, 5.41) is 13.6. The molecule has 9 heteroatoms. The molecule has 2 aromatic rings. The Morgan fingerprint density at radius 3 is 2.40 bits per heavy atom.